The van der Waals surface area contributed by atoms with Crippen LogP contribution >= 0.6 is 0 Å². The Morgan fingerprint density at radius 1 is 1.16 bits per heavy atom. The van der Waals surface area contributed by atoms with Crippen molar-refractivity contribution in [3.05, 3.63) is 41.0 Å². The highest BCUT2D eigenvalue weighted by atomic mass is 16.6. The van der Waals surface area contributed by atoms with Gasteiger partial charge in [-0.1, -0.05) is 12.1 Å². The summed E-state index contributed by atoms with van der Waals surface area (Å²) >= 11 is 0. The van der Waals surface area contributed by atoms with Gasteiger partial charge in [0.1, 0.15) is 11.6 Å². The van der Waals surface area contributed by atoms with Gasteiger partial charge in [-0.25, -0.2) is 4.79 Å². The van der Waals surface area contributed by atoms with Crippen LogP contribution < -0.4 is 5.32 Å². The van der Waals surface area contributed by atoms with Crippen molar-refractivity contribution in [2.75, 3.05) is 13.1 Å². The van der Waals surface area contributed by atoms with Crippen LogP contribution in [0.1, 0.15) is 74.5 Å². The topological polar surface area (TPSA) is 96.0 Å². The Hall–Kier alpha value is -3.16. The second-order valence-electron chi connectivity index (χ2n) is 9.56. The molecule has 0 bridgehead atoms. The summed E-state index contributed by atoms with van der Waals surface area (Å²) < 4.78 is 5.45. The van der Waals surface area contributed by atoms with Crippen LogP contribution in [0.4, 0.5) is 4.79 Å². The van der Waals surface area contributed by atoms with E-state index in [4.69, 9.17) is 4.74 Å². The van der Waals surface area contributed by atoms with Crippen LogP contribution in [0.3, 0.4) is 0 Å². The largest absolute Gasteiger partial charge is 0.444 e. The molecule has 3 aliphatic rings. The highest BCUT2D eigenvalue weighted by molar-refractivity contribution is 6.06. The Balaban J connectivity index is 1.51. The van der Waals surface area contributed by atoms with Gasteiger partial charge in [0.2, 0.25) is 11.8 Å². The molecule has 32 heavy (non-hydrogen) atoms. The zero-order chi connectivity index (χ0) is 23.2. The molecule has 4 amide bonds. The lowest BCUT2D eigenvalue weighted by Crippen LogP contribution is -2.53. The number of hydrogen-bond donors (Lipinski definition) is 1. The van der Waals surface area contributed by atoms with Gasteiger partial charge >= 0.3 is 6.09 Å². The Morgan fingerprint density at radius 3 is 2.53 bits per heavy atom. The quantitative estimate of drug-likeness (QED) is 0.715. The molecule has 0 radical (unpaired) electrons. The third-order valence-electron chi connectivity index (χ3n) is 6.16. The molecule has 1 saturated heterocycles. The molecule has 0 aromatic heterocycles. The number of ether oxygens (including phenoxy) is 1. The fourth-order valence-electron chi connectivity index (χ4n) is 4.55. The van der Waals surface area contributed by atoms with Crippen molar-refractivity contribution >= 4 is 29.4 Å². The van der Waals surface area contributed by atoms with Crippen LogP contribution in [-0.4, -0.2) is 58.3 Å². The van der Waals surface area contributed by atoms with E-state index in [2.05, 4.69) is 5.32 Å². The average molecular weight is 440 g/mol. The van der Waals surface area contributed by atoms with Crippen molar-refractivity contribution in [2.45, 2.75) is 64.6 Å². The van der Waals surface area contributed by atoms with E-state index in [9.17, 15) is 19.2 Å². The number of imide groups is 1. The zero-order valence-corrected chi connectivity index (χ0v) is 18.9. The van der Waals surface area contributed by atoms with E-state index >= 15 is 0 Å². The van der Waals surface area contributed by atoms with Gasteiger partial charge in [0.05, 0.1) is 6.04 Å². The van der Waals surface area contributed by atoms with Crippen LogP contribution in [0.2, 0.25) is 0 Å². The van der Waals surface area contributed by atoms with Gasteiger partial charge in [-0.05, 0) is 69.4 Å². The van der Waals surface area contributed by atoms with Crippen molar-refractivity contribution < 1.29 is 23.9 Å². The molecule has 8 heteroatoms. The predicted octanol–water partition coefficient (Wildman–Crippen LogP) is 3.03. The summed E-state index contributed by atoms with van der Waals surface area (Å²) in [6.45, 7) is 8.49. The van der Waals surface area contributed by atoms with Gasteiger partial charge in [0.25, 0.3) is 5.91 Å². The summed E-state index contributed by atoms with van der Waals surface area (Å²) in [5, 5.41) is 2.34. The van der Waals surface area contributed by atoms with Crippen LogP contribution in [0.15, 0.2) is 24.3 Å². The highest BCUT2D eigenvalue weighted by Gasteiger charge is 2.43. The van der Waals surface area contributed by atoms with Gasteiger partial charge in [-0.2, -0.15) is 0 Å². The number of fused-ring (bicyclic) bond motifs is 1. The molecule has 1 N–H and O–H groups in total. The van der Waals surface area contributed by atoms with Crippen molar-refractivity contribution in [3.63, 3.8) is 0 Å². The van der Waals surface area contributed by atoms with Gasteiger partial charge in [-0.3, -0.25) is 19.7 Å². The molecule has 3 aliphatic heterocycles. The lowest BCUT2D eigenvalue weighted by atomic mass is 9.94. The Morgan fingerprint density at radius 2 is 1.91 bits per heavy atom. The smallest absolute Gasteiger partial charge is 0.410 e. The number of amides is 4. The molecular formula is C24H29N3O5. The summed E-state index contributed by atoms with van der Waals surface area (Å²) in [6, 6.07) is 4.85. The fourth-order valence-corrected chi connectivity index (χ4v) is 4.55. The van der Waals surface area contributed by atoms with Crippen molar-refractivity contribution in [1.29, 1.82) is 0 Å². The second kappa shape index (κ2) is 8.07. The minimum atomic E-state index is -0.637. The molecule has 170 valence electrons. The van der Waals surface area contributed by atoms with E-state index in [1.807, 2.05) is 52.0 Å². The molecule has 2 unspecified atom stereocenters. The summed E-state index contributed by atoms with van der Waals surface area (Å²) in [5.41, 5.74) is 3.08. The van der Waals surface area contributed by atoms with E-state index in [1.54, 1.807) is 9.80 Å². The first kappa shape index (κ1) is 22.0. The maximum Gasteiger partial charge on any atom is 0.410 e. The van der Waals surface area contributed by atoms with Crippen LogP contribution in [0.25, 0.3) is 5.57 Å². The number of benzene rings is 1. The summed E-state index contributed by atoms with van der Waals surface area (Å²) in [4.78, 5) is 52.5. The van der Waals surface area contributed by atoms with Gasteiger partial charge < -0.3 is 14.5 Å². The number of nitrogens with one attached hydrogen (secondary N) is 1. The third kappa shape index (κ3) is 4.13. The summed E-state index contributed by atoms with van der Waals surface area (Å²) in [6.07, 6.45) is 2.97. The third-order valence-corrected chi connectivity index (χ3v) is 6.16. The SMILES string of the molecule is CC1c2cc(C3=CCN(C(=O)OC(C)(C)C)CC3)ccc2C(=O)N1C1CCC(=O)NC1=O. The maximum absolute atomic E-state index is 13.0. The second-order valence-corrected chi connectivity index (χ2v) is 9.56. The molecule has 1 fully saturated rings. The molecule has 2 atom stereocenters. The number of rotatable bonds is 2. The Bertz CT molecular complexity index is 1020. The molecule has 3 heterocycles. The molecule has 1 aromatic carbocycles. The number of nitrogens with zero attached hydrogens (tertiary/aromatic N) is 2. The Labute approximate surface area is 187 Å². The molecule has 1 aromatic rings. The molecular weight excluding hydrogens is 410 g/mol. The van der Waals surface area contributed by atoms with Crippen molar-refractivity contribution in [1.82, 2.24) is 15.1 Å². The van der Waals surface area contributed by atoms with Crippen molar-refractivity contribution in [2.24, 2.45) is 0 Å². The zero-order valence-electron chi connectivity index (χ0n) is 18.9. The number of piperidine rings is 1. The van der Waals surface area contributed by atoms with Gasteiger partial charge in [0, 0.05) is 25.1 Å². The molecule has 0 spiro atoms. The molecule has 0 saturated carbocycles. The van der Waals surface area contributed by atoms with E-state index < -0.39 is 17.6 Å². The molecule has 8 nitrogen and oxygen atoms in total. The first-order valence-electron chi connectivity index (χ1n) is 11.0. The van der Waals surface area contributed by atoms with E-state index in [1.165, 1.54) is 0 Å². The normalized spacial score (nSPS) is 23.6. The van der Waals surface area contributed by atoms with E-state index in [0.717, 1.165) is 16.7 Å². The summed E-state index contributed by atoms with van der Waals surface area (Å²) in [7, 11) is 0. The van der Waals surface area contributed by atoms with E-state index in [0.29, 0.717) is 31.5 Å². The number of hydrogen-bond acceptors (Lipinski definition) is 5. The minimum absolute atomic E-state index is 0.178. The number of carbonyl (C=O) groups excluding carboxylic acids is 4. The molecule has 4 rings (SSSR count). The summed E-state index contributed by atoms with van der Waals surface area (Å²) in [5.74, 6) is -0.885. The standard InChI is InChI=1S/C24H29N3O5/c1-14-18-13-16(15-9-11-26(12-10-15)23(31)32-24(2,3)4)5-6-17(18)22(30)27(14)19-7-8-20(28)25-21(19)29/h5-6,9,13-14,19H,7-8,10-12H2,1-4H3,(H,25,28,29). The molecule has 0 aliphatic carbocycles. The van der Waals surface area contributed by atoms with Crippen LogP contribution in [0, 0.1) is 0 Å². The lowest BCUT2D eigenvalue weighted by Gasteiger charge is -2.33. The van der Waals surface area contributed by atoms with Gasteiger partial charge in [-0.15, -0.1) is 0 Å². The Kier molecular flexibility index (Phi) is 5.56. The van der Waals surface area contributed by atoms with Crippen LogP contribution in [0.5, 0.6) is 0 Å². The van der Waals surface area contributed by atoms with Crippen LogP contribution in [-0.2, 0) is 14.3 Å². The van der Waals surface area contributed by atoms with Gasteiger partial charge in [0.15, 0.2) is 0 Å². The predicted molar refractivity (Wildman–Crippen MR) is 118 cm³/mol. The average Bonchev–Trinajstić information content (AvgIpc) is 2.97. The fraction of sp³-hybridized carbons (Fsp3) is 0.500. The highest BCUT2D eigenvalue weighted by Crippen LogP contribution is 2.38. The minimum Gasteiger partial charge on any atom is -0.444 e. The first-order valence-corrected chi connectivity index (χ1v) is 11.0. The van der Waals surface area contributed by atoms with E-state index in [-0.39, 0.29) is 30.4 Å². The monoisotopic (exact) mass is 439 g/mol. The van der Waals surface area contributed by atoms with Crippen molar-refractivity contribution in [3.8, 4) is 0 Å². The maximum atomic E-state index is 13.0. The lowest BCUT2D eigenvalue weighted by molar-refractivity contribution is -0.137. The number of carbonyl (C=O) groups is 4. The first-order chi connectivity index (χ1) is 15.0.